The molecule has 0 N–H and O–H groups in total. The summed E-state index contributed by atoms with van der Waals surface area (Å²) in [7, 11) is 0. The zero-order chi connectivity index (χ0) is 14.4. The van der Waals surface area contributed by atoms with Crippen LogP contribution in [-0.4, -0.2) is 11.8 Å². The van der Waals surface area contributed by atoms with Crippen LogP contribution < -0.4 is 4.89 Å². The number of carbonyl (C=O) groups is 2. The van der Waals surface area contributed by atoms with Gasteiger partial charge < -0.3 is 0 Å². The Labute approximate surface area is 116 Å². The highest BCUT2D eigenvalue weighted by Gasteiger charge is 2.08. The molecule has 0 bridgehead atoms. The van der Waals surface area contributed by atoms with Gasteiger partial charge in [0, 0.05) is 17.2 Å². The van der Waals surface area contributed by atoms with Crippen LogP contribution in [0.3, 0.4) is 0 Å². The molecule has 4 nitrogen and oxygen atoms in total. The van der Waals surface area contributed by atoms with Crippen LogP contribution in [0.25, 0.3) is 0 Å². The zero-order valence-corrected chi connectivity index (χ0v) is 10.6. The summed E-state index contributed by atoms with van der Waals surface area (Å²) >= 11 is 0. The Balaban J connectivity index is 2.06. The Hall–Kier alpha value is -2.88. The van der Waals surface area contributed by atoms with Gasteiger partial charge in [0.1, 0.15) is 0 Å². The highest BCUT2D eigenvalue weighted by molar-refractivity contribution is 6.08. The standard InChI is InChI=1S/C16H12O4/c1-2-15(17)20-19-14-10-8-13(9-11-14)16(18)12-6-4-3-5-7-12/h2-11H,1H2. The molecule has 0 saturated carbocycles. The lowest BCUT2D eigenvalue weighted by atomic mass is 10.0. The predicted molar refractivity (Wildman–Crippen MR) is 73.2 cm³/mol. The van der Waals surface area contributed by atoms with Crippen LogP contribution in [0.15, 0.2) is 67.3 Å². The lowest BCUT2D eigenvalue weighted by Gasteiger charge is -2.04. The van der Waals surface area contributed by atoms with Gasteiger partial charge in [-0.2, -0.15) is 0 Å². The van der Waals surface area contributed by atoms with E-state index in [0.29, 0.717) is 16.9 Å². The smallest absolute Gasteiger partial charge is 0.289 e. The first-order chi connectivity index (χ1) is 9.70. The minimum absolute atomic E-state index is 0.0831. The molecule has 20 heavy (non-hydrogen) atoms. The molecule has 2 aromatic rings. The second-order valence-electron chi connectivity index (χ2n) is 3.91. The first kappa shape index (κ1) is 13.5. The van der Waals surface area contributed by atoms with Crippen LogP contribution >= 0.6 is 0 Å². The van der Waals surface area contributed by atoms with Crippen LogP contribution in [0.5, 0.6) is 5.75 Å². The summed E-state index contributed by atoms with van der Waals surface area (Å²) in [5, 5.41) is 0. The SMILES string of the molecule is C=CC(=O)OOc1ccc(C(=O)c2ccccc2)cc1. The van der Waals surface area contributed by atoms with E-state index in [4.69, 9.17) is 4.89 Å². The van der Waals surface area contributed by atoms with Crippen LogP contribution in [0, 0.1) is 0 Å². The van der Waals surface area contributed by atoms with E-state index in [-0.39, 0.29) is 5.78 Å². The van der Waals surface area contributed by atoms with Gasteiger partial charge in [-0.3, -0.25) is 9.68 Å². The van der Waals surface area contributed by atoms with E-state index >= 15 is 0 Å². The van der Waals surface area contributed by atoms with Gasteiger partial charge in [0.25, 0.3) is 0 Å². The fraction of sp³-hybridized carbons (Fsp3) is 0. The number of benzene rings is 2. The molecular weight excluding hydrogens is 256 g/mol. The van der Waals surface area contributed by atoms with E-state index in [2.05, 4.69) is 11.5 Å². The molecule has 0 atom stereocenters. The zero-order valence-electron chi connectivity index (χ0n) is 10.6. The molecular formula is C16H12O4. The van der Waals surface area contributed by atoms with Gasteiger partial charge in [0.15, 0.2) is 11.5 Å². The van der Waals surface area contributed by atoms with Gasteiger partial charge in [-0.1, -0.05) is 36.9 Å². The highest BCUT2D eigenvalue weighted by atomic mass is 17.2. The van der Waals surface area contributed by atoms with Crippen molar-refractivity contribution in [3.8, 4) is 5.75 Å². The number of carbonyl (C=O) groups excluding carboxylic acids is 2. The molecule has 0 unspecified atom stereocenters. The molecule has 0 heterocycles. The second-order valence-corrected chi connectivity index (χ2v) is 3.91. The van der Waals surface area contributed by atoms with Gasteiger partial charge in [0.2, 0.25) is 0 Å². The van der Waals surface area contributed by atoms with Crippen molar-refractivity contribution >= 4 is 11.8 Å². The third kappa shape index (κ3) is 3.32. The Kier molecular flexibility index (Phi) is 4.29. The summed E-state index contributed by atoms with van der Waals surface area (Å²) in [6.45, 7) is 3.24. The summed E-state index contributed by atoms with van der Waals surface area (Å²) in [5.74, 6) is -0.445. The maximum Gasteiger partial charge on any atom is 0.378 e. The molecule has 100 valence electrons. The van der Waals surface area contributed by atoms with E-state index in [1.54, 1.807) is 48.5 Å². The number of rotatable bonds is 5. The fourth-order valence-corrected chi connectivity index (χ4v) is 1.54. The minimum Gasteiger partial charge on any atom is -0.289 e. The van der Waals surface area contributed by atoms with Gasteiger partial charge in [-0.15, -0.1) is 0 Å². The van der Waals surface area contributed by atoms with Crippen LogP contribution in [0.4, 0.5) is 0 Å². The second kappa shape index (κ2) is 6.33. The Morgan fingerprint density at radius 2 is 1.50 bits per heavy atom. The predicted octanol–water partition coefficient (Wildman–Crippen LogP) is 2.94. The van der Waals surface area contributed by atoms with Crippen molar-refractivity contribution in [2.75, 3.05) is 0 Å². The van der Waals surface area contributed by atoms with Gasteiger partial charge >= 0.3 is 5.97 Å². The highest BCUT2D eigenvalue weighted by Crippen LogP contribution is 2.15. The van der Waals surface area contributed by atoms with Gasteiger partial charge in [0.05, 0.1) is 0 Å². The molecule has 0 saturated heterocycles. The van der Waals surface area contributed by atoms with Crippen molar-refractivity contribution in [2.45, 2.75) is 0 Å². The Morgan fingerprint density at radius 1 is 0.900 bits per heavy atom. The summed E-state index contributed by atoms with van der Waals surface area (Å²) in [4.78, 5) is 32.1. The molecule has 0 aromatic heterocycles. The van der Waals surface area contributed by atoms with Crippen LogP contribution in [0.2, 0.25) is 0 Å². The molecule has 0 aliphatic rings. The lowest BCUT2D eigenvalue weighted by molar-refractivity contribution is -0.207. The Bertz CT molecular complexity index is 615. The maximum atomic E-state index is 12.1. The van der Waals surface area contributed by atoms with Crippen LogP contribution in [0.1, 0.15) is 15.9 Å². The van der Waals surface area contributed by atoms with E-state index in [1.165, 1.54) is 0 Å². The minimum atomic E-state index is -0.686. The van der Waals surface area contributed by atoms with Crippen molar-refractivity contribution in [3.63, 3.8) is 0 Å². The van der Waals surface area contributed by atoms with Crippen molar-refractivity contribution < 1.29 is 19.4 Å². The molecule has 0 amide bonds. The van der Waals surface area contributed by atoms with Crippen molar-refractivity contribution in [3.05, 3.63) is 78.4 Å². The normalized spacial score (nSPS) is 9.60. The molecule has 0 spiro atoms. The third-order valence-electron chi connectivity index (χ3n) is 2.54. The Morgan fingerprint density at radius 3 is 2.10 bits per heavy atom. The molecule has 2 rings (SSSR count). The topological polar surface area (TPSA) is 52.6 Å². The van der Waals surface area contributed by atoms with E-state index in [0.717, 1.165) is 6.08 Å². The number of hydrogen-bond donors (Lipinski definition) is 0. The summed E-state index contributed by atoms with van der Waals surface area (Å²) < 4.78 is 0. The number of ketones is 1. The van der Waals surface area contributed by atoms with Crippen LogP contribution in [-0.2, 0) is 9.68 Å². The van der Waals surface area contributed by atoms with Crippen molar-refractivity contribution in [1.82, 2.24) is 0 Å². The van der Waals surface area contributed by atoms with E-state index in [9.17, 15) is 9.59 Å². The van der Waals surface area contributed by atoms with E-state index in [1.807, 2.05) is 6.07 Å². The molecule has 2 aromatic carbocycles. The molecule has 0 aliphatic heterocycles. The molecule has 4 heteroatoms. The average molecular weight is 268 g/mol. The third-order valence-corrected chi connectivity index (χ3v) is 2.54. The summed E-state index contributed by atoms with van der Waals surface area (Å²) in [6, 6.07) is 15.3. The van der Waals surface area contributed by atoms with E-state index < -0.39 is 5.97 Å². The van der Waals surface area contributed by atoms with Gasteiger partial charge in [-0.25, -0.2) is 9.68 Å². The summed E-state index contributed by atoms with van der Waals surface area (Å²) in [6.07, 6.45) is 0.993. The van der Waals surface area contributed by atoms with Crippen molar-refractivity contribution in [1.29, 1.82) is 0 Å². The lowest BCUT2D eigenvalue weighted by Crippen LogP contribution is -2.05. The maximum absolute atomic E-state index is 12.1. The first-order valence-electron chi connectivity index (χ1n) is 5.91. The average Bonchev–Trinajstić information content (AvgIpc) is 2.53. The molecule has 0 aliphatic carbocycles. The fourth-order valence-electron chi connectivity index (χ4n) is 1.54. The molecule has 0 fully saturated rings. The number of hydrogen-bond acceptors (Lipinski definition) is 4. The largest absolute Gasteiger partial charge is 0.378 e. The van der Waals surface area contributed by atoms with Gasteiger partial charge in [-0.05, 0) is 24.3 Å². The monoisotopic (exact) mass is 268 g/mol. The van der Waals surface area contributed by atoms with Crippen molar-refractivity contribution in [2.24, 2.45) is 0 Å². The quantitative estimate of drug-likeness (QED) is 0.362. The first-order valence-corrected chi connectivity index (χ1v) is 5.91. The summed E-state index contributed by atoms with van der Waals surface area (Å²) in [5.41, 5.74) is 1.14. The molecule has 0 radical (unpaired) electrons.